The number of nitrogens with two attached hydrogens (primary N) is 1. The molecule has 8 heteroatoms. The monoisotopic (exact) mass is 499 g/mol. The summed E-state index contributed by atoms with van der Waals surface area (Å²) < 4.78 is 1.76. The van der Waals surface area contributed by atoms with Crippen molar-refractivity contribution in [3.8, 4) is 11.1 Å². The van der Waals surface area contributed by atoms with E-state index in [2.05, 4.69) is 38.9 Å². The lowest BCUT2D eigenvalue weighted by Gasteiger charge is -2.09. The Morgan fingerprint density at radius 3 is 2.47 bits per heavy atom. The molecule has 186 valence electrons. The number of aromatic amines is 1. The van der Waals surface area contributed by atoms with Crippen LogP contribution in [0.3, 0.4) is 0 Å². The zero-order valence-electron chi connectivity index (χ0n) is 20.4. The topological polar surface area (TPSA) is 113 Å². The molecule has 0 spiro atoms. The molecule has 0 radical (unpaired) electrons. The van der Waals surface area contributed by atoms with E-state index < -0.39 is 0 Å². The first-order valence-electron chi connectivity index (χ1n) is 12.2. The maximum absolute atomic E-state index is 12.5. The van der Waals surface area contributed by atoms with Crippen LogP contribution < -0.4 is 16.4 Å². The van der Waals surface area contributed by atoms with Gasteiger partial charge < -0.3 is 21.4 Å². The van der Waals surface area contributed by atoms with Crippen LogP contribution in [-0.4, -0.2) is 25.5 Å². The molecule has 0 aliphatic rings. The minimum absolute atomic E-state index is 0.192. The van der Waals surface area contributed by atoms with E-state index >= 15 is 0 Å². The summed E-state index contributed by atoms with van der Waals surface area (Å²) >= 11 is 0. The lowest BCUT2D eigenvalue weighted by atomic mass is 10.1. The highest BCUT2D eigenvalue weighted by atomic mass is 16.1. The van der Waals surface area contributed by atoms with Crippen LogP contribution in [0.25, 0.3) is 16.8 Å². The van der Waals surface area contributed by atoms with E-state index in [0.717, 1.165) is 34.6 Å². The molecule has 0 aliphatic heterocycles. The first-order chi connectivity index (χ1) is 18.6. The quantitative estimate of drug-likeness (QED) is 0.205. The number of hydrogen-bond donors (Lipinski definition) is 4. The summed E-state index contributed by atoms with van der Waals surface area (Å²) in [7, 11) is 0. The molecule has 38 heavy (non-hydrogen) atoms. The molecule has 8 nitrogen and oxygen atoms in total. The van der Waals surface area contributed by atoms with Crippen molar-refractivity contribution < 1.29 is 4.79 Å². The number of carbonyl (C=O) groups excluding carboxylic acids is 1. The van der Waals surface area contributed by atoms with Gasteiger partial charge in [0.05, 0.1) is 6.20 Å². The SMILES string of the molecule is Nc1ccc(C(=O)Nc2ccc(Nc3ccn4ncc(-c5c[nH]c(Cc6ccccc6)c5)c4n3)cc2)cc1. The number of aromatic nitrogens is 4. The second-order valence-electron chi connectivity index (χ2n) is 8.99. The fourth-order valence-corrected chi connectivity index (χ4v) is 4.28. The van der Waals surface area contributed by atoms with E-state index in [1.165, 1.54) is 5.56 Å². The molecule has 1 amide bonds. The average molecular weight is 500 g/mol. The minimum Gasteiger partial charge on any atom is -0.399 e. The van der Waals surface area contributed by atoms with Crippen LogP contribution in [0, 0.1) is 0 Å². The van der Waals surface area contributed by atoms with Crippen LogP contribution in [-0.2, 0) is 6.42 Å². The molecular weight excluding hydrogens is 474 g/mol. The third-order valence-corrected chi connectivity index (χ3v) is 6.25. The van der Waals surface area contributed by atoms with Crippen LogP contribution in [0.15, 0.2) is 110 Å². The van der Waals surface area contributed by atoms with Gasteiger partial charge in [-0.25, -0.2) is 9.50 Å². The van der Waals surface area contributed by atoms with E-state index in [9.17, 15) is 4.79 Å². The summed E-state index contributed by atoms with van der Waals surface area (Å²) in [4.78, 5) is 20.6. The second kappa shape index (κ2) is 9.94. The first kappa shape index (κ1) is 23.1. The number of benzene rings is 3. The maximum atomic E-state index is 12.5. The first-order valence-corrected chi connectivity index (χ1v) is 12.2. The van der Waals surface area contributed by atoms with Crippen molar-refractivity contribution in [2.24, 2.45) is 0 Å². The van der Waals surface area contributed by atoms with E-state index in [4.69, 9.17) is 10.7 Å². The third-order valence-electron chi connectivity index (χ3n) is 6.25. The van der Waals surface area contributed by atoms with Crippen LogP contribution >= 0.6 is 0 Å². The van der Waals surface area contributed by atoms with Crippen LogP contribution in [0.5, 0.6) is 0 Å². The van der Waals surface area contributed by atoms with Crippen molar-refractivity contribution in [3.63, 3.8) is 0 Å². The van der Waals surface area contributed by atoms with E-state index in [0.29, 0.717) is 22.8 Å². The number of nitrogen functional groups attached to an aromatic ring is 1. The van der Waals surface area contributed by atoms with Crippen molar-refractivity contribution in [1.29, 1.82) is 0 Å². The number of rotatable bonds is 7. The lowest BCUT2D eigenvalue weighted by molar-refractivity contribution is 0.102. The van der Waals surface area contributed by atoms with Gasteiger partial charge in [-0.3, -0.25) is 4.79 Å². The highest BCUT2D eigenvalue weighted by molar-refractivity contribution is 6.04. The minimum atomic E-state index is -0.192. The Hall–Kier alpha value is -5.37. The molecule has 0 aliphatic carbocycles. The van der Waals surface area contributed by atoms with Crippen LogP contribution in [0.4, 0.5) is 22.9 Å². The molecule has 6 rings (SSSR count). The van der Waals surface area contributed by atoms with Crippen molar-refractivity contribution in [2.45, 2.75) is 6.42 Å². The van der Waals surface area contributed by atoms with Crippen molar-refractivity contribution in [1.82, 2.24) is 19.6 Å². The molecule has 0 saturated heterocycles. The fraction of sp³-hybridized carbons (Fsp3) is 0.0333. The van der Waals surface area contributed by atoms with Gasteiger partial charge in [-0.2, -0.15) is 5.10 Å². The molecule has 0 saturated carbocycles. The molecule has 3 aromatic carbocycles. The van der Waals surface area contributed by atoms with Crippen LogP contribution in [0.1, 0.15) is 21.6 Å². The van der Waals surface area contributed by atoms with Gasteiger partial charge in [-0.15, -0.1) is 0 Å². The van der Waals surface area contributed by atoms with Crippen LogP contribution in [0.2, 0.25) is 0 Å². The number of anilines is 4. The molecule has 3 aromatic heterocycles. The zero-order chi connectivity index (χ0) is 25.9. The summed E-state index contributed by atoms with van der Waals surface area (Å²) in [5, 5.41) is 10.7. The number of H-pyrrole nitrogens is 1. The van der Waals surface area contributed by atoms with Gasteiger partial charge in [0, 0.05) is 58.3 Å². The highest BCUT2D eigenvalue weighted by Gasteiger charge is 2.12. The molecule has 0 bridgehead atoms. The Labute approximate surface area is 219 Å². The number of fused-ring (bicyclic) bond motifs is 1. The number of nitrogens with zero attached hydrogens (tertiary/aromatic N) is 3. The fourth-order valence-electron chi connectivity index (χ4n) is 4.28. The molecule has 0 atom stereocenters. The maximum Gasteiger partial charge on any atom is 0.255 e. The van der Waals surface area contributed by atoms with Gasteiger partial charge in [0.15, 0.2) is 5.65 Å². The summed E-state index contributed by atoms with van der Waals surface area (Å²) in [6.07, 6.45) is 6.54. The zero-order valence-corrected chi connectivity index (χ0v) is 20.4. The number of amides is 1. The van der Waals surface area contributed by atoms with Crippen molar-refractivity contribution in [3.05, 3.63) is 126 Å². The molecule has 5 N–H and O–H groups in total. The largest absolute Gasteiger partial charge is 0.399 e. The van der Waals surface area contributed by atoms with Gasteiger partial charge >= 0.3 is 0 Å². The number of nitrogens with one attached hydrogen (secondary N) is 3. The Bertz CT molecular complexity index is 1700. The average Bonchev–Trinajstić information content (AvgIpc) is 3.57. The Balaban J connectivity index is 1.16. The Kier molecular flexibility index (Phi) is 6.03. The number of carbonyl (C=O) groups is 1. The molecule has 6 aromatic rings. The smallest absolute Gasteiger partial charge is 0.255 e. The van der Waals surface area contributed by atoms with E-state index in [1.54, 1.807) is 28.8 Å². The van der Waals surface area contributed by atoms with Gasteiger partial charge in [0.2, 0.25) is 0 Å². The normalized spacial score (nSPS) is 10.9. The standard InChI is InChI=1S/C30H25N7O/c31-23-8-6-21(7-9-23)30(38)35-25-12-10-24(11-13-25)34-28-14-15-37-29(36-28)27(19-33-37)22-17-26(32-18-22)16-20-4-2-1-3-5-20/h1-15,17-19,32H,16,31H2,(H,34,36)(H,35,38). The van der Waals surface area contributed by atoms with Crippen molar-refractivity contribution in [2.75, 3.05) is 16.4 Å². The molecule has 0 fully saturated rings. The van der Waals surface area contributed by atoms with Gasteiger partial charge in [0.25, 0.3) is 5.91 Å². The Morgan fingerprint density at radius 1 is 0.921 bits per heavy atom. The summed E-state index contributed by atoms with van der Waals surface area (Å²) in [5.74, 6) is 0.501. The second-order valence-corrected chi connectivity index (χ2v) is 8.99. The highest BCUT2D eigenvalue weighted by Crippen LogP contribution is 2.27. The third kappa shape index (κ3) is 4.96. The predicted octanol–water partition coefficient (Wildman–Crippen LogP) is 5.89. The van der Waals surface area contributed by atoms with Crippen molar-refractivity contribution >= 4 is 34.4 Å². The van der Waals surface area contributed by atoms with Gasteiger partial charge in [-0.1, -0.05) is 30.3 Å². The lowest BCUT2D eigenvalue weighted by Crippen LogP contribution is -2.11. The molecular formula is C30H25N7O. The predicted molar refractivity (Wildman–Crippen MR) is 151 cm³/mol. The summed E-state index contributed by atoms with van der Waals surface area (Å²) in [5.41, 5.74) is 13.5. The molecule has 3 heterocycles. The number of hydrogen-bond acceptors (Lipinski definition) is 5. The summed E-state index contributed by atoms with van der Waals surface area (Å²) in [6.45, 7) is 0. The summed E-state index contributed by atoms with van der Waals surface area (Å²) in [6, 6.07) is 28.7. The molecule has 0 unspecified atom stereocenters. The van der Waals surface area contributed by atoms with Gasteiger partial charge in [-0.05, 0) is 66.2 Å². The van der Waals surface area contributed by atoms with Gasteiger partial charge in [0.1, 0.15) is 5.82 Å². The van der Waals surface area contributed by atoms with E-state index in [-0.39, 0.29) is 5.91 Å². The van der Waals surface area contributed by atoms with E-state index in [1.807, 2.05) is 67.1 Å². The Morgan fingerprint density at radius 2 is 1.68 bits per heavy atom.